The molecular weight excluding hydrogens is 1790 g/mol. The Morgan fingerprint density at radius 1 is 0.156 bits per heavy atom. The Kier molecular flexibility index (Phi) is 20.6. The van der Waals surface area contributed by atoms with Gasteiger partial charge in [0.2, 0.25) is 17.8 Å². The summed E-state index contributed by atoms with van der Waals surface area (Å²) in [4.78, 5) is 55.7. The summed E-state index contributed by atoms with van der Waals surface area (Å²) in [5, 5.41) is 21.7. The molecule has 19 aromatic carbocycles. The fraction of sp³-hybridized carbons (Fsp3) is 0. The van der Waals surface area contributed by atoms with Crippen molar-refractivity contribution in [3.63, 3.8) is 0 Å². The van der Waals surface area contributed by atoms with E-state index < -0.39 is 0 Å². The number of nitrogens with zero attached hydrogens (tertiary/aromatic N) is 14. The molecular formula is C133H82N14. The molecule has 0 saturated heterocycles. The molecule has 0 atom stereocenters. The van der Waals surface area contributed by atoms with Crippen molar-refractivity contribution >= 4 is 163 Å². The van der Waals surface area contributed by atoms with E-state index in [2.05, 4.69) is 442 Å². The molecule has 14 nitrogen and oxygen atoms in total. The second kappa shape index (κ2) is 35.6. The van der Waals surface area contributed by atoms with Crippen molar-refractivity contribution in [3.05, 3.63) is 498 Å². The third-order valence-corrected chi connectivity index (χ3v) is 28.6. The molecule has 0 spiro atoms. The van der Waals surface area contributed by atoms with Crippen LogP contribution in [0.4, 0.5) is 0 Å². The summed E-state index contributed by atoms with van der Waals surface area (Å²) < 4.78 is 6.68. The van der Waals surface area contributed by atoms with Gasteiger partial charge >= 0.3 is 0 Å². The van der Waals surface area contributed by atoms with E-state index in [1.807, 2.05) is 79.5 Å². The smallest absolute Gasteiger partial charge is 0.235 e. The lowest BCUT2D eigenvalue weighted by Gasteiger charge is -2.12. The van der Waals surface area contributed by atoms with Crippen LogP contribution in [0.25, 0.3) is 282 Å². The van der Waals surface area contributed by atoms with Crippen LogP contribution >= 0.6 is 0 Å². The summed E-state index contributed by atoms with van der Waals surface area (Å²) in [5.41, 5.74) is 29.1. The molecule has 0 fully saturated rings. The van der Waals surface area contributed by atoms with E-state index >= 15 is 0 Å². The first kappa shape index (κ1) is 84.9. The average molecular weight is 1880 g/mol. The molecule has 0 N–H and O–H groups in total. The SMILES string of the molecule is c1ccc(-c2ccc3c4cc5ccccc5cc4n(-c4nc(-c5ccc(-c6ccc7ccccc7c6)nc5)c5ccccc5n4)c3c2)cc1.c1ccc(-c2cccc3c2c2cc4ccccc4cc2n3-c2nc(-c3ccc(-c4ccc5cccnc5c4)nc3)c3ccccc3n2)cc1.c1ccc(-c2cccc3c2c2cc4ccccc4cc2n3-c2nc(-c3ccc(-c4cccc5cccnc45)nc3)c3ccccc3n2)cc1. The van der Waals surface area contributed by atoms with E-state index in [-0.39, 0.29) is 0 Å². The Morgan fingerprint density at radius 3 is 1.00 bits per heavy atom. The zero-order valence-corrected chi connectivity index (χ0v) is 79.1. The van der Waals surface area contributed by atoms with Crippen LogP contribution in [0.3, 0.4) is 0 Å². The molecule has 0 radical (unpaired) electrons. The maximum atomic E-state index is 5.35. The van der Waals surface area contributed by atoms with Gasteiger partial charge in [0.25, 0.3) is 0 Å². The van der Waals surface area contributed by atoms with Crippen LogP contribution in [0.1, 0.15) is 0 Å². The van der Waals surface area contributed by atoms with Gasteiger partial charge in [-0.05, 0) is 210 Å². The second-order valence-electron chi connectivity index (χ2n) is 37.2. The van der Waals surface area contributed by atoms with Gasteiger partial charge in [-0.1, -0.05) is 334 Å². The largest absolute Gasteiger partial charge is 0.278 e. The third kappa shape index (κ3) is 15.1. The molecule has 0 saturated carbocycles. The predicted molar refractivity (Wildman–Crippen MR) is 605 cm³/mol. The zero-order chi connectivity index (χ0) is 96.9. The van der Waals surface area contributed by atoms with Crippen LogP contribution in [0.5, 0.6) is 0 Å². The van der Waals surface area contributed by atoms with Crippen molar-refractivity contribution in [3.8, 4) is 119 Å². The number of aromatic nitrogens is 14. The highest BCUT2D eigenvalue weighted by molar-refractivity contribution is 6.21. The Bertz CT molecular complexity index is 10300. The zero-order valence-electron chi connectivity index (χ0n) is 79.1. The molecule has 14 heteroatoms. The number of pyridine rings is 5. The Labute approximate surface area is 842 Å². The van der Waals surface area contributed by atoms with Gasteiger partial charge in [0.1, 0.15) is 0 Å². The molecule has 0 aliphatic rings. The first-order valence-electron chi connectivity index (χ1n) is 49.3. The van der Waals surface area contributed by atoms with Crippen LogP contribution in [0, 0.1) is 0 Å². The lowest BCUT2D eigenvalue weighted by Crippen LogP contribution is -2.03. The van der Waals surface area contributed by atoms with Gasteiger partial charge in [-0.15, -0.1) is 0 Å². The molecule has 30 aromatic rings. The van der Waals surface area contributed by atoms with Crippen molar-refractivity contribution < 1.29 is 0 Å². The molecule has 147 heavy (non-hydrogen) atoms. The lowest BCUT2D eigenvalue weighted by atomic mass is 9.98. The van der Waals surface area contributed by atoms with Gasteiger partial charge in [-0.25, -0.2) is 29.9 Å². The molecule has 11 aromatic heterocycles. The molecule has 30 rings (SSSR count). The highest BCUT2D eigenvalue weighted by Crippen LogP contribution is 2.46. The molecule has 0 amide bonds. The number of hydrogen-bond acceptors (Lipinski definition) is 11. The Morgan fingerprint density at radius 2 is 0.510 bits per heavy atom. The summed E-state index contributed by atoms with van der Waals surface area (Å²) in [6, 6.07) is 164. The molecule has 684 valence electrons. The standard InChI is InChI=1S/C45H28N4.2C44H27N5/c1-2-10-29(11-3-1)34-20-22-37-39-25-32-14-6-7-15-33(32)26-43(39)49(42(37)27-34)45-47-41-17-9-8-16-38(41)44(48-45)36-21-23-40(46-28-36)35-19-18-30-12-4-5-13-31(30)24-35;1-2-11-28(12-3-1)33-18-9-21-39-41(33)36-25-30-13-4-5-14-31(30)26-40(36)49(39)44-47-38-20-7-6-17-35(38)43(48-44)32-22-23-37(46-27-32)34-19-8-15-29-16-10-24-45-42(29)34;1-2-10-28(11-3-1)34-16-8-18-40-42(34)36-24-30-12-4-5-13-31(30)26-41(36)49(40)44-47-38-17-7-6-15-35(38)43(48-44)33-21-22-37(46-27-33)32-20-19-29-14-9-23-45-39(29)25-32/h1-28H;2*1-27H. The topological polar surface area (TPSA) is 157 Å². The monoisotopic (exact) mass is 1870 g/mol. The molecule has 0 aliphatic carbocycles. The minimum Gasteiger partial charge on any atom is -0.278 e. The van der Waals surface area contributed by atoms with Gasteiger partial charge < -0.3 is 0 Å². The fourth-order valence-corrected chi connectivity index (χ4v) is 21.5. The summed E-state index contributed by atoms with van der Waals surface area (Å²) in [5.74, 6) is 1.88. The van der Waals surface area contributed by atoms with Crippen LogP contribution < -0.4 is 0 Å². The number of fused-ring (bicyclic) bond motifs is 18. The molecule has 11 heterocycles. The Hall–Kier alpha value is -20.1. The van der Waals surface area contributed by atoms with Gasteiger partial charge in [0, 0.05) is 124 Å². The maximum Gasteiger partial charge on any atom is 0.235 e. The molecule has 0 aliphatic heterocycles. The first-order valence-corrected chi connectivity index (χ1v) is 49.3. The summed E-state index contributed by atoms with van der Waals surface area (Å²) >= 11 is 0. The van der Waals surface area contributed by atoms with Crippen molar-refractivity contribution in [2.75, 3.05) is 0 Å². The van der Waals surface area contributed by atoms with E-state index in [1.165, 1.54) is 103 Å². The number of rotatable bonds is 12. The maximum absolute atomic E-state index is 5.35. The van der Waals surface area contributed by atoms with Crippen LogP contribution in [-0.4, -0.2) is 68.5 Å². The van der Waals surface area contributed by atoms with E-state index in [1.54, 1.807) is 0 Å². The molecule has 0 unspecified atom stereocenters. The lowest BCUT2D eigenvalue weighted by molar-refractivity contribution is 1.01. The highest BCUT2D eigenvalue weighted by Gasteiger charge is 2.27. The second-order valence-corrected chi connectivity index (χ2v) is 37.2. The van der Waals surface area contributed by atoms with E-state index in [4.69, 9.17) is 44.9 Å². The minimum atomic E-state index is 0.622. The van der Waals surface area contributed by atoms with Crippen molar-refractivity contribution in [1.82, 2.24) is 68.5 Å². The van der Waals surface area contributed by atoms with Gasteiger partial charge in [0.05, 0.1) is 94.8 Å². The molecule has 0 bridgehead atoms. The fourth-order valence-electron chi connectivity index (χ4n) is 21.5. The summed E-state index contributed by atoms with van der Waals surface area (Å²) in [6.07, 6.45) is 9.43. The quantitative estimate of drug-likeness (QED) is 0.115. The normalized spacial score (nSPS) is 11.7. The van der Waals surface area contributed by atoms with E-state index in [0.29, 0.717) is 17.8 Å². The van der Waals surface area contributed by atoms with E-state index in [9.17, 15) is 0 Å². The van der Waals surface area contributed by atoms with Gasteiger partial charge in [-0.2, -0.15) is 0 Å². The predicted octanol–water partition coefficient (Wildman–Crippen LogP) is 33.1. The van der Waals surface area contributed by atoms with Crippen molar-refractivity contribution in [1.29, 1.82) is 0 Å². The summed E-state index contributed by atoms with van der Waals surface area (Å²) in [7, 11) is 0. The van der Waals surface area contributed by atoms with Crippen molar-refractivity contribution in [2.45, 2.75) is 0 Å². The minimum absolute atomic E-state index is 0.622. The van der Waals surface area contributed by atoms with Gasteiger partial charge in [-0.3, -0.25) is 38.6 Å². The number of para-hydroxylation sites is 4. The van der Waals surface area contributed by atoms with Crippen LogP contribution in [0.15, 0.2) is 498 Å². The average Bonchev–Trinajstić information content (AvgIpc) is 1.57. The Balaban J connectivity index is 0.000000107. The number of hydrogen-bond donors (Lipinski definition) is 0. The van der Waals surface area contributed by atoms with Crippen LogP contribution in [0.2, 0.25) is 0 Å². The summed E-state index contributed by atoms with van der Waals surface area (Å²) in [6.45, 7) is 0. The van der Waals surface area contributed by atoms with Crippen molar-refractivity contribution in [2.24, 2.45) is 0 Å². The van der Waals surface area contributed by atoms with Crippen LogP contribution in [-0.2, 0) is 0 Å². The van der Waals surface area contributed by atoms with E-state index in [0.717, 1.165) is 161 Å². The number of benzene rings is 19. The first-order chi connectivity index (χ1) is 72.8. The third-order valence-electron chi connectivity index (χ3n) is 28.6. The van der Waals surface area contributed by atoms with Gasteiger partial charge in [0.15, 0.2) is 0 Å². The highest BCUT2D eigenvalue weighted by atomic mass is 15.2.